The fourth-order valence-electron chi connectivity index (χ4n) is 3.42. The van der Waals surface area contributed by atoms with E-state index in [-0.39, 0.29) is 17.2 Å². The van der Waals surface area contributed by atoms with Gasteiger partial charge in [-0.15, -0.1) is 11.3 Å². The third-order valence-electron chi connectivity index (χ3n) is 5.24. The number of benzene rings is 1. The average molecular weight is 430 g/mol. The second-order valence-electron chi connectivity index (χ2n) is 7.22. The van der Waals surface area contributed by atoms with Crippen LogP contribution in [0.1, 0.15) is 19.8 Å². The van der Waals surface area contributed by atoms with Crippen molar-refractivity contribution in [2.45, 2.75) is 24.9 Å². The van der Waals surface area contributed by atoms with E-state index in [1.54, 1.807) is 11.7 Å². The minimum Gasteiger partial charge on any atom is -0.497 e. The number of piperidine rings is 1. The van der Waals surface area contributed by atoms with Crippen molar-refractivity contribution in [1.82, 2.24) is 14.5 Å². The first-order chi connectivity index (χ1) is 14.1. The van der Waals surface area contributed by atoms with Crippen molar-refractivity contribution < 1.29 is 9.53 Å². The number of hydrogen-bond acceptors (Lipinski definition) is 6. The molecule has 3 heterocycles. The molecule has 6 nitrogen and oxygen atoms in total. The van der Waals surface area contributed by atoms with Crippen LogP contribution < -0.4 is 10.3 Å². The number of aromatic nitrogens is 2. The standard InChI is InChI=1S/C21H23N3O3S2/c1-14-7-10-23(11-8-14)18(25)13-29-21-22-17-9-12-28-19(17)20(26)24(21)15-3-5-16(27-2)6-4-15/h3-6,9,12,14H,7-8,10-11,13H2,1-2H3. The van der Waals surface area contributed by atoms with E-state index in [0.717, 1.165) is 31.7 Å². The number of amides is 1. The Hall–Kier alpha value is -2.32. The Morgan fingerprint density at radius 1 is 1.24 bits per heavy atom. The highest BCUT2D eigenvalue weighted by Crippen LogP contribution is 2.25. The molecule has 0 unspecified atom stereocenters. The largest absolute Gasteiger partial charge is 0.497 e. The molecular formula is C21H23N3O3S2. The molecular weight excluding hydrogens is 406 g/mol. The van der Waals surface area contributed by atoms with E-state index in [0.29, 0.717) is 27.0 Å². The smallest absolute Gasteiger partial charge is 0.276 e. The number of thiophene rings is 1. The number of ether oxygens (including phenoxy) is 1. The lowest BCUT2D eigenvalue weighted by Gasteiger charge is -2.30. The Balaban J connectivity index is 1.63. The van der Waals surface area contributed by atoms with Gasteiger partial charge >= 0.3 is 0 Å². The van der Waals surface area contributed by atoms with Gasteiger partial charge < -0.3 is 9.64 Å². The molecule has 8 heteroatoms. The first kappa shape index (κ1) is 20.0. The SMILES string of the molecule is COc1ccc(-n2c(SCC(=O)N3CCC(C)CC3)nc3ccsc3c2=O)cc1. The van der Waals surface area contributed by atoms with Gasteiger partial charge in [-0.3, -0.25) is 14.2 Å². The molecule has 2 aromatic heterocycles. The zero-order chi connectivity index (χ0) is 20.4. The van der Waals surface area contributed by atoms with Crippen LogP contribution in [0.25, 0.3) is 15.9 Å². The summed E-state index contributed by atoms with van der Waals surface area (Å²) in [5.74, 6) is 1.76. The summed E-state index contributed by atoms with van der Waals surface area (Å²) in [4.78, 5) is 32.4. The number of hydrogen-bond donors (Lipinski definition) is 0. The summed E-state index contributed by atoms with van der Waals surface area (Å²) in [5, 5.41) is 2.40. The Morgan fingerprint density at radius 3 is 2.66 bits per heavy atom. The fraction of sp³-hybridized carbons (Fsp3) is 0.381. The van der Waals surface area contributed by atoms with Gasteiger partial charge in [-0.2, -0.15) is 0 Å². The molecule has 1 aliphatic heterocycles. The summed E-state index contributed by atoms with van der Waals surface area (Å²) in [6.07, 6.45) is 2.10. The number of carbonyl (C=O) groups excluding carboxylic acids is 1. The van der Waals surface area contributed by atoms with Crippen molar-refractivity contribution in [2.24, 2.45) is 5.92 Å². The van der Waals surface area contributed by atoms with Gasteiger partial charge in [0, 0.05) is 13.1 Å². The normalized spacial score (nSPS) is 15.0. The topological polar surface area (TPSA) is 64.4 Å². The maximum atomic E-state index is 13.1. The minimum atomic E-state index is -0.114. The zero-order valence-corrected chi connectivity index (χ0v) is 18.1. The van der Waals surface area contributed by atoms with Gasteiger partial charge in [0.1, 0.15) is 10.4 Å². The summed E-state index contributed by atoms with van der Waals surface area (Å²) in [6.45, 7) is 3.84. The molecule has 1 amide bonds. The molecule has 1 aliphatic rings. The lowest BCUT2D eigenvalue weighted by atomic mass is 9.99. The maximum Gasteiger partial charge on any atom is 0.276 e. The summed E-state index contributed by atoms with van der Waals surface area (Å²) >= 11 is 2.70. The highest BCUT2D eigenvalue weighted by molar-refractivity contribution is 7.99. The molecule has 0 radical (unpaired) electrons. The monoisotopic (exact) mass is 429 g/mol. The van der Waals surface area contributed by atoms with Crippen LogP contribution in [-0.2, 0) is 4.79 Å². The van der Waals surface area contributed by atoms with E-state index in [2.05, 4.69) is 11.9 Å². The van der Waals surface area contributed by atoms with Crippen LogP contribution in [0.3, 0.4) is 0 Å². The van der Waals surface area contributed by atoms with Crippen LogP contribution in [0.15, 0.2) is 45.7 Å². The van der Waals surface area contributed by atoms with Crippen molar-refractivity contribution in [3.05, 3.63) is 46.1 Å². The number of methoxy groups -OCH3 is 1. The van der Waals surface area contributed by atoms with E-state index >= 15 is 0 Å². The molecule has 4 rings (SSSR count). The van der Waals surface area contributed by atoms with Crippen molar-refractivity contribution in [3.63, 3.8) is 0 Å². The number of rotatable bonds is 5. The number of carbonyl (C=O) groups is 1. The van der Waals surface area contributed by atoms with Crippen molar-refractivity contribution in [2.75, 3.05) is 26.0 Å². The van der Waals surface area contributed by atoms with E-state index in [1.165, 1.54) is 23.1 Å². The van der Waals surface area contributed by atoms with Gasteiger partial charge in [-0.1, -0.05) is 18.7 Å². The number of fused-ring (bicyclic) bond motifs is 1. The van der Waals surface area contributed by atoms with E-state index < -0.39 is 0 Å². The zero-order valence-electron chi connectivity index (χ0n) is 16.5. The van der Waals surface area contributed by atoms with Gasteiger partial charge in [0.2, 0.25) is 5.91 Å². The van der Waals surface area contributed by atoms with Gasteiger partial charge in [0.25, 0.3) is 5.56 Å². The van der Waals surface area contributed by atoms with Crippen molar-refractivity contribution in [1.29, 1.82) is 0 Å². The first-order valence-electron chi connectivity index (χ1n) is 9.62. The van der Waals surface area contributed by atoms with Crippen LogP contribution in [0.2, 0.25) is 0 Å². The predicted molar refractivity (Wildman–Crippen MR) is 117 cm³/mol. The number of nitrogens with zero attached hydrogens (tertiary/aromatic N) is 3. The molecule has 1 aromatic carbocycles. The molecule has 152 valence electrons. The third kappa shape index (κ3) is 4.18. The third-order valence-corrected chi connectivity index (χ3v) is 7.06. The lowest BCUT2D eigenvalue weighted by Crippen LogP contribution is -2.39. The Morgan fingerprint density at radius 2 is 1.97 bits per heavy atom. The molecule has 29 heavy (non-hydrogen) atoms. The van der Waals surface area contributed by atoms with Crippen LogP contribution >= 0.6 is 23.1 Å². The van der Waals surface area contributed by atoms with Gasteiger partial charge in [-0.05, 0) is 54.5 Å². The van der Waals surface area contributed by atoms with Gasteiger partial charge in [0.05, 0.1) is 24.1 Å². The first-order valence-corrected chi connectivity index (χ1v) is 11.5. The lowest BCUT2D eigenvalue weighted by molar-refractivity contribution is -0.129. The van der Waals surface area contributed by atoms with Crippen LogP contribution in [-0.4, -0.2) is 46.3 Å². The highest BCUT2D eigenvalue weighted by atomic mass is 32.2. The predicted octanol–water partition coefficient (Wildman–Crippen LogP) is 3.81. The molecule has 0 saturated carbocycles. The quantitative estimate of drug-likeness (QED) is 0.456. The number of thioether (sulfide) groups is 1. The summed E-state index contributed by atoms with van der Waals surface area (Å²) < 4.78 is 7.42. The maximum absolute atomic E-state index is 13.1. The van der Waals surface area contributed by atoms with Crippen LogP contribution in [0, 0.1) is 5.92 Å². The van der Waals surface area contributed by atoms with Crippen LogP contribution in [0.4, 0.5) is 0 Å². The second-order valence-corrected chi connectivity index (χ2v) is 9.08. The fourth-order valence-corrected chi connectivity index (χ4v) is 5.10. The van der Waals surface area contributed by atoms with E-state index in [1.807, 2.05) is 40.6 Å². The Bertz CT molecular complexity index is 1070. The second kappa shape index (κ2) is 8.59. The molecule has 0 bridgehead atoms. The minimum absolute atomic E-state index is 0.0999. The van der Waals surface area contributed by atoms with E-state index in [9.17, 15) is 9.59 Å². The number of likely N-dealkylation sites (tertiary alicyclic amines) is 1. The molecule has 1 saturated heterocycles. The molecule has 1 fully saturated rings. The van der Waals surface area contributed by atoms with Crippen molar-refractivity contribution in [3.8, 4) is 11.4 Å². The Labute approximate surface area is 177 Å². The molecule has 0 N–H and O–H groups in total. The van der Waals surface area contributed by atoms with Gasteiger partial charge in [0.15, 0.2) is 5.16 Å². The van der Waals surface area contributed by atoms with Crippen molar-refractivity contribution >= 4 is 39.2 Å². The summed E-state index contributed by atoms with van der Waals surface area (Å²) in [7, 11) is 1.61. The van der Waals surface area contributed by atoms with E-state index in [4.69, 9.17) is 4.74 Å². The molecule has 0 spiro atoms. The van der Waals surface area contributed by atoms with Gasteiger partial charge in [-0.25, -0.2) is 4.98 Å². The Kier molecular flexibility index (Phi) is 5.91. The molecule has 0 aliphatic carbocycles. The summed E-state index contributed by atoms with van der Waals surface area (Å²) in [5.41, 5.74) is 1.27. The highest BCUT2D eigenvalue weighted by Gasteiger charge is 2.22. The molecule has 0 atom stereocenters. The molecule has 3 aromatic rings. The average Bonchev–Trinajstić information content (AvgIpc) is 3.22. The summed E-state index contributed by atoms with van der Waals surface area (Å²) in [6, 6.07) is 9.14. The van der Waals surface area contributed by atoms with Crippen LogP contribution in [0.5, 0.6) is 5.75 Å².